The second-order valence-electron chi connectivity index (χ2n) is 4.65. The van der Waals surface area contributed by atoms with Crippen molar-refractivity contribution in [3.8, 4) is 0 Å². The van der Waals surface area contributed by atoms with Gasteiger partial charge in [0.25, 0.3) is 0 Å². The maximum Gasteiger partial charge on any atom is 0.239 e. The van der Waals surface area contributed by atoms with Crippen LogP contribution in [-0.4, -0.2) is 18.0 Å². The van der Waals surface area contributed by atoms with Crippen molar-refractivity contribution >= 4 is 5.91 Å². The van der Waals surface area contributed by atoms with Gasteiger partial charge in [-0.05, 0) is 25.7 Å². The standard InChI is InChI=1S/C10H22N2O/c1-7(2)8(3)6-12-9(13)10(4,5)11/h7-8H,6,11H2,1-5H3,(H,12,13). The molecule has 3 N–H and O–H groups in total. The van der Waals surface area contributed by atoms with Gasteiger partial charge in [0.15, 0.2) is 0 Å². The van der Waals surface area contributed by atoms with Crippen molar-refractivity contribution in [2.24, 2.45) is 17.6 Å². The molecule has 3 nitrogen and oxygen atoms in total. The van der Waals surface area contributed by atoms with Gasteiger partial charge < -0.3 is 11.1 Å². The van der Waals surface area contributed by atoms with Gasteiger partial charge in [0.05, 0.1) is 5.54 Å². The molecular weight excluding hydrogens is 164 g/mol. The van der Waals surface area contributed by atoms with Gasteiger partial charge in [0.1, 0.15) is 0 Å². The lowest BCUT2D eigenvalue weighted by molar-refractivity contribution is -0.125. The monoisotopic (exact) mass is 186 g/mol. The maximum atomic E-state index is 11.4. The molecule has 0 bridgehead atoms. The fourth-order valence-corrected chi connectivity index (χ4v) is 0.717. The van der Waals surface area contributed by atoms with Gasteiger partial charge in [-0.15, -0.1) is 0 Å². The topological polar surface area (TPSA) is 55.1 Å². The highest BCUT2D eigenvalue weighted by molar-refractivity contribution is 5.84. The van der Waals surface area contributed by atoms with Gasteiger partial charge in [-0.2, -0.15) is 0 Å². The van der Waals surface area contributed by atoms with Crippen LogP contribution in [0.25, 0.3) is 0 Å². The van der Waals surface area contributed by atoms with E-state index in [1.54, 1.807) is 13.8 Å². The highest BCUT2D eigenvalue weighted by Crippen LogP contribution is 2.08. The summed E-state index contributed by atoms with van der Waals surface area (Å²) in [5, 5.41) is 2.84. The molecule has 0 aromatic rings. The molecule has 1 amide bonds. The summed E-state index contributed by atoms with van der Waals surface area (Å²) in [6.45, 7) is 10.5. The Balaban J connectivity index is 3.84. The fourth-order valence-electron chi connectivity index (χ4n) is 0.717. The zero-order chi connectivity index (χ0) is 10.6. The molecule has 13 heavy (non-hydrogen) atoms. The number of hydrogen-bond acceptors (Lipinski definition) is 2. The molecule has 0 spiro atoms. The van der Waals surface area contributed by atoms with Crippen LogP contribution in [0, 0.1) is 11.8 Å². The molecule has 0 fully saturated rings. The fraction of sp³-hybridized carbons (Fsp3) is 0.900. The largest absolute Gasteiger partial charge is 0.354 e. The molecule has 0 aliphatic carbocycles. The summed E-state index contributed by atoms with van der Waals surface area (Å²) >= 11 is 0. The Kier molecular flexibility index (Phi) is 4.40. The minimum absolute atomic E-state index is 0.0833. The average molecular weight is 186 g/mol. The number of nitrogens with one attached hydrogen (secondary N) is 1. The molecule has 0 aromatic heterocycles. The number of rotatable bonds is 4. The first-order valence-corrected chi connectivity index (χ1v) is 4.82. The van der Waals surface area contributed by atoms with E-state index in [9.17, 15) is 4.79 Å². The van der Waals surface area contributed by atoms with Crippen molar-refractivity contribution < 1.29 is 4.79 Å². The van der Waals surface area contributed by atoms with Crippen LogP contribution >= 0.6 is 0 Å². The van der Waals surface area contributed by atoms with E-state index in [-0.39, 0.29) is 5.91 Å². The lowest BCUT2D eigenvalue weighted by Crippen LogP contribution is -2.50. The van der Waals surface area contributed by atoms with Crippen LogP contribution in [0.5, 0.6) is 0 Å². The number of carbonyl (C=O) groups is 1. The minimum atomic E-state index is -0.767. The lowest BCUT2D eigenvalue weighted by Gasteiger charge is -2.21. The summed E-state index contributed by atoms with van der Waals surface area (Å²) in [5.41, 5.74) is 4.86. The van der Waals surface area contributed by atoms with Crippen molar-refractivity contribution in [1.82, 2.24) is 5.32 Å². The summed E-state index contributed by atoms with van der Waals surface area (Å²) in [6.07, 6.45) is 0. The van der Waals surface area contributed by atoms with E-state index in [0.717, 1.165) is 0 Å². The third-order valence-corrected chi connectivity index (χ3v) is 2.31. The van der Waals surface area contributed by atoms with E-state index in [1.807, 2.05) is 0 Å². The lowest BCUT2D eigenvalue weighted by atomic mass is 9.97. The molecule has 0 saturated heterocycles. The van der Waals surface area contributed by atoms with E-state index < -0.39 is 5.54 Å². The van der Waals surface area contributed by atoms with E-state index in [0.29, 0.717) is 18.4 Å². The molecule has 78 valence electrons. The molecule has 3 heteroatoms. The van der Waals surface area contributed by atoms with Crippen molar-refractivity contribution in [2.75, 3.05) is 6.54 Å². The Labute approximate surface area is 81.1 Å². The third kappa shape index (κ3) is 4.88. The minimum Gasteiger partial charge on any atom is -0.354 e. The molecule has 0 aliphatic rings. The first-order valence-electron chi connectivity index (χ1n) is 4.82. The first kappa shape index (κ1) is 12.4. The van der Waals surface area contributed by atoms with Gasteiger partial charge in [-0.1, -0.05) is 20.8 Å². The first-order chi connectivity index (χ1) is 5.75. The summed E-state index contributed by atoms with van der Waals surface area (Å²) in [6, 6.07) is 0. The smallest absolute Gasteiger partial charge is 0.239 e. The van der Waals surface area contributed by atoms with Crippen molar-refractivity contribution in [1.29, 1.82) is 0 Å². The number of carbonyl (C=O) groups excluding carboxylic acids is 1. The number of amides is 1. The van der Waals surface area contributed by atoms with Gasteiger partial charge >= 0.3 is 0 Å². The molecule has 0 rings (SSSR count). The molecule has 0 aliphatic heterocycles. The second-order valence-corrected chi connectivity index (χ2v) is 4.65. The number of hydrogen-bond donors (Lipinski definition) is 2. The van der Waals surface area contributed by atoms with Crippen LogP contribution in [0.3, 0.4) is 0 Å². The van der Waals surface area contributed by atoms with Crippen LogP contribution in [0.4, 0.5) is 0 Å². The Hall–Kier alpha value is -0.570. The molecule has 0 aromatic carbocycles. The SMILES string of the molecule is CC(C)C(C)CNC(=O)C(C)(C)N. The zero-order valence-electron chi connectivity index (χ0n) is 9.35. The summed E-state index contributed by atoms with van der Waals surface area (Å²) in [7, 11) is 0. The van der Waals surface area contributed by atoms with Gasteiger partial charge in [-0.25, -0.2) is 0 Å². The van der Waals surface area contributed by atoms with Crippen LogP contribution in [0.15, 0.2) is 0 Å². The van der Waals surface area contributed by atoms with E-state index in [4.69, 9.17) is 5.73 Å². The molecule has 1 unspecified atom stereocenters. The van der Waals surface area contributed by atoms with Crippen LogP contribution in [0.2, 0.25) is 0 Å². The van der Waals surface area contributed by atoms with Crippen LogP contribution in [-0.2, 0) is 4.79 Å². The molecule has 0 radical (unpaired) electrons. The van der Waals surface area contributed by atoms with Gasteiger partial charge in [0.2, 0.25) is 5.91 Å². The Morgan fingerprint density at radius 2 is 1.85 bits per heavy atom. The summed E-state index contributed by atoms with van der Waals surface area (Å²) in [4.78, 5) is 11.4. The molecule has 0 heterocycles. The third-order valence-electron chi connectivity index (χ3n) is 2.31. The Bertz CT molecular complexity index is 170. The van der Waals surface area contributed by atoms with Gasteiger partial charge in [0, 0.05) is 6.54 Å². The Morgan fingerprint density at radius 3 is 2.15 bits per heavy atom. The summed E-state index contributed by atoms with van der Waals surface area (Å²) in [5.74, 6) is 0.993. The van der Waals surface area contributed by atoms with Crippen LogP contribution < -0.4 is 11.1 Å². The van der Waals surface area contributed by atoms with Crippen molar-refractivity contribution in [3.05, 3.63) is 0 Å². The normalized spacial score (nSPS) is 14.4. The van der Waals surface area contributed by atoms with E-state index in [2.05, 4.69) is 26.1 Å². The second kappa shape index (κ2) is 4.61. The van der Waals surface area contributed by atoms with Crippen LogP contribution in [0.1, 0.15) is 34.6 Å². The van der Waals surface area contributed by atoms with Gasteiger partial charge in [-0.3, -0.25) is 4.79 Å². The quantitative estimate of drug-likeness (QED) is 0.691. The van der Waals surface area contributed by atoms with Crippen molar-refractivity contribution in [3.63, 3.8) is 0 Å². The molecule has 1 atom stereocenters. The predicted octanol–water partition coefficient (Wildman–Crippen LogP) is 1.13. The van der Waals surface area contributed by atoms with E-state index >= 15 is 0 Å². The molecule has 0 saturated carbocycles. The Morgan fingerprint density at radius 1 is 1.38 bits per heavy atom. The summed E-state index contributed by atoms with van der Waals surface area (Å²) < 4.78 is 0. The maximum absolute atomic E-state index is 11.4. The number of nitrogens with two attached hydrogens (primary N) is 1. The predicted molar refractivity (Wildman–Crippen MR) is 55.3 cm³/mol. The highest BCUT2D eigenvalue weighted by atomic mass is 16.2. The average Bonchev–Trinajstić information content (AvgIpc) is 1.97. The highest BCUT2D eigenvalue weighted by Gasteiger charge is 2.21. The molecular formula is C10H22N2O. The van der Waals surface area contributed by atoms with Crippen molar-refractivity contribution in [2.45, 2.75) is 40.2 Å². The van der Waals surface area contributed by atoms with E-state index in [1.165, 1.54) is 0 Å². The zero-order valence-corrected chi connectivity index (χ0v) is 9.35.